The van der Waals surface area contributed by atoms with E-state index in [-0.39, 0.29) is 0 Å². The first kappa shape index (κ1) is 21.2. The first-order chi connectivity index (χ1) is 13.2. The first-order valence-electron chi connectivity index (χ1n) is 8.00. The van der Waals surface area contributed by atoms with Crippen molar-refractivity contribution in [3.05, 3.63) is 60.9 Å². The standard InChI is InChI=1S/C15H17IN3O8P/c16-8-1-3-9(4-2-8)18-28(24,25)26-7-10-12(21)13(22)14(27-10)19-6-5-11(20)17-15(19)23/h1-6,10,12-14,21-22H,7H2,(H,17,20,23)(H2,18,24,25)/t10-,12-,13-,14-/m1/s1. The fourth-order valence-corrected chi connectivity index (χ4v) is 3.87. The maximum absolute atomic E-state index is 12.2. The summed E-state index contributed by atoms with van der Waals surface area (Å²) in [6.07, 6.45) is -4.37. The molecule has 11 nitrogen and oxygen atoms in total. The molecule has 0 spiro atoms. The number of hydrogen-bond donors (Lipinski definition) is 5. The number of anilines is 1. The topological polar surface area (TPSA) is 163 Å². The van der Waals surface area contributed by atoms with Crippen LogP contribution in [0.4, 0.5) is 5.69 Å². The first-order valence-corrected chi connectivity index (χ1v) is 10.7. The van der Waals surface area contributed by atoms with Crippen LogP contribution in [-0.2, 0) is 13.8 Å². The Morgan fingerprint density at radius 1 is 1.21 bits per heavy atom. The third-order valence-corrected chi connectivity index (χ3v) is 5.75. The van der Waals surface area contributed by atoms with E-state index in [1.165, 1.54) is 0 Å². The van der Waals surface area contributed by atoms with Gasteiger partial charge < -0.3 is 19.8 Å². The number of nitrogens with zero attached hydrogens (tertiary/aromatic N) is 1. The summed E-state index contributed by atoms with van der Waals surface area (Å²) in [5.74, 6) is 0. The van der Waals surface area contributed by atoms with Crippen molar-refractivity contribution in [2.75, 3.05) is 11.7 Å². The SMILES string of the molecule is O=c1ccn([C@@H]2O[C@H](COP(=O)(O)Nc3ccc(I)cc3)[C@@H](O)[C@H]2O)c(=O)[nH]1. The molecular formula is C15H17IN3O8P. The molecule has 0 amide bonds. The Labute approximate surface area is 171 Å². The molecular weight excluding hydrogens is 508 g/mol. The summed E-state index contributed by atoms with van der Waals surface area (Å²) in [5.41, 5.74) is -1.10. The monoisotopic (exact) mass is 525 g/mol. The van der Waals surface area contributed by atoms with Crippen LogP contribution in [0.1, 0.15) is 6.23 Å². The van der Waals surface area contributed by atoms with Crippen molar-refractivity contribution < 1.29 is 28.9 Å². The maximum Gasteiger partial charge on any atom is 0.430 e. The van der Waals surface area contributed by atoms with Gasteiger partial charge in [0.05, 0.1) is 6.61 Å². The Kier molecular flexibility index (Phi) is 6.39. The molecule has 0 saturated carbocycles. The van der Waals surface area contributed by atoms with Crippen LogP contribution < -0.4 is 16.3 Å². The van der Waals surface area contributed by atoms with E-state index in [0.29, 0.717) is 5.69 Å². The van der Waals surface area contributed by atoms with Gasteiger partial charge in [0.25, 0.3) is 5.56 Å². The van der Waals surface area contributed by atoms with Crippen LogP contribution >= 0.6 is 30.3 Å². The largest absolute Gasteiger partial charge is 0.430 e. The summed E-state index contributed by atoms with van der Waals surface area (Å²) in [5, 5.41) is 22.6. The van der Waals surface area contributed by atoms with Gasteiger partial charge in [-0.05, 0) is 46.9 Å². The molecule has 2 aromatic rings. The summed E-state index contributed by atoms with van der Waals surface area (Å²) in [7, 11) is -4.28. The normalized spacial score (nSPS) is 26.7. The van der Waals surface area contributed by atoms with Crippen molar-refractivity contribution >= 4 is 36.0 Å². The lowest BCUT2D eigenvalue weighted by molar-refractivity contribution is -0.0524. The van der Waals surface area contributed by atoms with Crippen molar-refractivity contribution in [1.29, 1.82) is 0 Å². The molecule has 1 aromatic heterocycles. The second-order valence-corrected chi connectivity index (χ2v) is 8.77. The Balaban J connectivity index is 1.65. The number of aromatic amines is 1. The molecule has 1 aromatic carbocycles. The molecule has 2 heterocycles. The number of aliphatic hydroxyl groups is 2. The Hall–Kier alpha value is -1.54. The van der Waals surface area contributed by atoms with Crippen LogP contribution in [0.3, 0.4) is 0 Å². The van der Waals surface area contributed by atoms with E-state index in [1.54, 1.807) is 24.3 Å². The van der Waals surface area contributed by atoms with Gasteiger partial charge in [0.2, 0.25) is 0 Å². The molecule has 5 atom stereocenters. The molecule has 0 radical (unpaired) electrons. The summed E-state index contributed by atoms with van der Waals surface area (Å²) in [6, 6.07) is 7.71. The molecule has 1 unspecified atom stereocenters. The smallest absolute Gasteiger partial charge is 0.387 e. The molecule has 1 aliphatic rings. The fourth-order valence-electron chi connectivity index (χ4n) is 2.62. The van der Waals surface area contributed by atoms with Crippen LogP contribution in [0, 0.1) is 3.57 Å². The zero-order valence-corrected chi connectivity index (χ0v) is 17.2. The quantitative estimate of drug-likeness (QED) is 0.258. The molecule has 0 bridgehead atoms. The third kappa shape index (κ3) is 4.89. The molecule has 1 aliphatic heterocycles. The zero-order valence-electron chi connectivity index (χ0n) is 14.1. The number of aromatic nitrogens is 2. The van der Waals surface area contributed by atoms with E-state index in [4.69, 9.17) is 9.26 Å². The van der Waals surface area contributed by atoms with Crippen LogP contribution in [0.25, 0.3) is 0 Å². The molecule has 1 fully saturated rings. The van der Waals surface area contributed by atoms with Gasteiger partial charge in [-0.15, -0.1) is 0 Å². The van der Waals surface area contributed by atoms with E-state index in [1.807, 2.05) is 4.98 Å². The lowest BCUT2D eigenvalue weighted by atomic mass is 10.1. The average molecular weight is 525 g/mol. The highest BCUT2D eigenvalue weighted by Crippen LogP contribution is 2.43. The number of benzene rings is 1. The van der Waals surface area contributed by atoms with Crippen molar-refractivity contribution in [2.45, 2.75) is 24.5 Å². The molecule has 3 rings (SSSR count). The molecule has 152 valence electrons. The zero-order chi connectivity index (χ0) is 20.5. The van der Waals surface area contributed by atoms with E-state index in [2.05, 4.69) is 27.7 Å². The van der Waals surface area contributed by atoms with Gasteiger partial charge in [-0.3, -0.25) is 24.0 Å². The Bertz CT molecular complexity index is 994. The molecule has 1 saturated heterocycles. The molecule has 28 heavy (non-hydrogen) atoms. The number of H-pyrrole nitrogens is 1. The van der Waals surface area contributed by atoms with Gasteiger partial charge >= 0.3 is 13.4 Å². The van der Waals surface area contributed by atoms with Gasteiger partial charge in [-0.25, -0.2) is 9.36 Å². The van der Waals surface area contributed by atoms with Gasteiger partial charge in [-0.1, -0.05) is 0 Å². The minimum Gasteiger partial charge on any atom is -0.387 e. The molecule has 13 heteroatoms. The second kappa shape index (κ2) is 8.45. The molecule has 5 N–H and O–H groups in total. The number of aliphatic hydroxyl groups excluding tert-OH is 2. The average Bonchev–Trinajstić information content (AvgIpc) is 2.90. The van der Waals surface area contributed by atoms with Gasteiger partial charge in [0.1, 0.15) is 18.3 Å². The summed E-state index contributed by atoms with van der Waals surface area (Å²) >= 11 is 2.09. The van der Waals surface area contributed by atoms with E-state index < -0.39 is 50.1 Å². The Morgan fingerprint density at radius 3 is 2.54 bits per heavy atom. The lowest BCUT2D eigenvalue weighted by Crippen LogP contribution is -2.37. The van der Waals surface area contributed by atoms with Gasteiger partial charge in [0.15, 0.2) is 6.23 Å². The summed E-state index contributed by atoms with van der Waals surface area (Å²) in [6.45, 7) is -0.530. The predicted octanol–water partition coefficient (Wildman–Crippen LogP) is -0.0105. The highest BCUT2D eigenvalue weighted by molar-refractivity contribution is 14.1. The number of hydrogen-bond acceptors (Lipinski definition) is 7. The van der Waals surface area contributed by atoms with Crippen molar-refractivity contribution in [1.82, 2.24) is 9.55 Å². The van der Waals surface area contributed by atoms with E-state index >= 15 is 0 Å². The van der Waals surface area contributed by atoms with E-state index in [9.17, 15) is 29.3 Å². The fraction of sp³-hybridized carbons (Fsp3) is 0.333. The van der Waals surface area contributed by atoms with Crippen molar-refractivity contribution in [3.8, 4) is 0 Å². The number of ether oxygens (including phenoxy) is 1. The minimum atomic E-state index is -4.28. The summed E-state index contributed by atoms with van der Waals surface area (Å²) < 4.78 is 24.4. The predicted molar refractivity (Wildman–Crippen MR) is 106 cm³/mol. The lowest BCUT2D eigenvalue weighted by Gasteiger charge is -2.19. The Morgan fingerprint density at radius 2 is 1.89 bits per heavy atom. The van der Waals surface area contributed by atoms with Crippen LogP contribution in [0.15, 0.2) is 46.1 Å². The number of halogens is 1. The number of rotatable bonds is 6. The van der Waals surface area contributed by atoms with E-state index in [0.717, 1.165) is 20.4 Å². The minimum absolute atomic E-state index is 0.358. The third-order valence-electron chi connectivity index (χ3n) is 3.99. The second-order valence-electron chi connectivity index (χ2n) is 6.00. The van der Waals surface area contributed by atoms with Crippen molar-refractivity contribution in [3.63, 3.8) is 0 Å². The van der Waals surface area contributed by atoms with Crippen LogP contribution in [0.5, 0.6) is 0 Å². The maximum atomic E-state index is 12.2. The number of nitrogens with one attached hydrogen (secondary N) is 2. The van der Waals surface area contributed by atoms with Crippen LogP contribution in [0.2, 0.25) is 0 Å². The van der Waals surface area contributed by atoms with Gasteiger partial charge in [-0.2, -0.15) is 0 Å². The highest BCUT2D eigenvalue weighted by Gasteiger charge is 2.45. The highest BCUT2D eigenvalue weighted by atomic mass is 127. The van der Waals surface area contributed by atoms with Gasteiger partial charge in [0, 0.05) is 21.5 Å². The van der Waals surface area contributed by atoms with Crippen molar-refractivity contribution in [2.24, 2.45) is 0 Å². The van der Waals surface area contributed by atoms with Crippen LogP contribution in [-0.4, -0.2) is 49.6 Å². The molecule has 0 aliphatic carbocycles. The summed E-state index contributed by atoms with van der Waals surface area (Å²) in [4.78, 5) is 34.9.